The summed E-state index contributed by atoms with van der Waals surface area (Å²) >= 11 is 0. The van der Waals surface area contributed by atoms with Crippen molar-refractivity contribution >= 4 is 0 Å². The fourth-order valence-electron chi connectivity index (χ4n) is 2.93. The molecule has 7 heteroatoms. The normalized spacial score (nSPS) is 19.8. The van der Waals surface area contributed by atoms with Gasteiger partial charge in [0.15, 0.2) is 5.82 Å². The van der Waals surface area contributed by atoms with Gasteiger partial charge in [-0.3, -0.25) is 10.00 Å². The van der Waals surface area contributed by atoms with E-state index in [0.717, 1.165) is 29.2 Å². The van der Waals surface area contributed by atoms with E-state index in [4.69, 9.17) is 9.47 Å². The van der Waals surface area contributed by atoms with Gasteiger partial charge in [0.2, 0.25) is 0 Å². The predicted molar refractivity (Wildman–Crippen MR) is 93.7 cm³/mol. The lowest BCUT2D eigenvalue weighted by Gasteiger charge is -2.32. The summed E-state index contributed by atoms with van der Waals surface area (Å²) in [5.41, 5.74) is 2.22. The average molecular weight is 346 g/mol. The first kappa shape index (κ1) is 17.8. The summed E-state index contributed by atoms with van der Waals surface area (Å²) in [5, 5.41) is 17.4. The van der Waals surface area contributed by atoms with E-state index in [1.165, 1.54) is 0 Å². The Kier molecular flexibility index (Phi) is 5.67. The van der Waals surface area contributed by atoms with Gasteiger partial charge in [-0.2, -0.15) is 5.10 Å². The van der Waals surface area contributed by atoms with Crippen LogP contribution in [0.3, 0.4) is 0 Å². The molecule has 3 rings (SSSR count). The molecule has 0 aliphatic carbocycles. The Hall–Kier alpha value is -1.96. The van der Waals surface area contributed by atoms with E-state index in [1.807, 2.05) is 32.9 Å². The van der Waals surface area contributed by atoms with Gasteiger partial charge < -0.3 is 14.6 Å². The zero-order valence-corrected chi connectivity index (χ0v) is 15.0. The smallest absolute Gasteiger partial charge is 0.180 e. The highest BCUT2D eigenvalue weighted by molar-refractivity contribution is 5.35. The van der Waals surface area contributed by atoms with Crippen molar-refractivity contribution in [2.24, 2.45) is 0 Å². The summed E-state index contributed by atoms with van der Waals surface area (Å²) < 4.78 is 11.5. The minimum Gasteiger partial charge on any atom is -0.491 e. The Balaban J connectivity index is 1.50. The highest BCUT2D eigenvalue weighted by Crippen LogP contribution is 2.21. The molecule has 7 nitrogen and oxygen atoms in total. The van der Waals surface area contributed by atoms with Crippen LogP contribution in [0, 0.1) is 20.8 Å². The third-order valence-electron chi connectivity index (χ3n) is 4.30. The fraction of sp³-hybridized carbons (Fsp3) is 0.556. The standard InChI is InChI=1S/C18H26N4O3/c1-12-4-5-13(2)16(8-12)25-11-15(23)9-22-6-7-24-17(10-22)18-19-14(3)20-21-18/h4-5,8,15,17,23H,6-7,9-11H2,1-3H3,(H,19,20,21). The number of aromatic nitrogens is 3. The number of hydrogen-bond acceptors (Lipinski definition) is 6. The van der Waals surface area contributed by atoms with E-state index >= 15 is 0 Å². The second-order valence-corrected chi connectivity index (χ2v) is 6.63. The van der Waals surface area contributed by atoms with Gasteiger partial charge in [-0.25, -0.2) is 4.98 Å². The van der Waals surface area contributed by atoms with E-state index in [1.54, 1.807) is 0 Å². The summed E-state index contributed by atoms with van der Waals surface area (Å²) in [6, 6.07) is 6.08. The second-order valence-electron chi connectivity index (χ2n) is 6.63. The molecule has 1 saturated heterocycles. The van der Waals surface area contributed by atoms with E-state index in [9.17, 15) is 5.11 Å². The van der Waals surface area contributed by atoms with Crippen LogP contribution in [0.4, 0.5) is 0 Å². The second kappa shape index (κ2) is 7.95. The Bertz CT molecular complexity index is 703. The van der Waals surface area contributed by atoms with Crippen LogP contribution in [-0.4, -0.2) is 64.1 Å². The molecule has 2 aromatic rings. The first-order valence-corrected chi connectivity index (χ1v) is 8.62. The summed E-state index contributed by atoms with van der Waals surface area (Å²) in [5.74, 6) is 2.27. The molecule has 25 heavy (non-hydrogen) atoms. The quantitative estimate of drug-likeness (QED) is 0.826. The molecule has 1 aromatic heterocycles. The van der Waals surface area contributed by atoms with Gasteiger partial charge in [0, 0.05) is 19.6 Å². The maximum atomic E-state index is 10.3. The Labute approximate surface area is 148 Å². The van der Waals surface area contributed by atoms with Crippen molar-refractivity contribution in [3.05, 3.63) is 41.0 Å². The van der Waals surface area contributed by atoms with Gasteiger partial charge in [-0.05, 0) is 38.0 Å². The maximum Gasteiger partial charge on any atom is 0.180 e. The average Bonchev–Trinajstić information content (AvgIpc) is 3.02. The summed E-state index contributed by atoms with van der Waals surface area (Å²) in [4.78, 5) is 6.50. The number of aryl methyl sites for hydroxylation is 3. The van der Waals surface area contributed by atoms with E-state index in [0.29, 0.717) is 25.5 Å². The molecule has 1 aromatic carbocycles. The minimum absolute atomic E-state index is 0.161. The van der Waals surface area contributed by atoms with Crippen LogP contribution in [0.2, 0.25) is 0 Å². The highest BCUT2D eigenvalue weighted by Gasteiger charge is 2.26. The van der Waals surface area contributed by atoms with Gasteiger partial charge in [0.05, 0.1) is 6.61 Å². The van der Waals surface area contributed by atoms with Crippen molar-refractivity contribution in [2.45, 2.75) is 33.0 Å². The molecular weight excluding hydrogens is 320 g/mol. The topological polar surface area (TPSA) is 83.5 Å². The molecule has 1 fully saturated rings. The van der Waals surface area contributed by atoms with Crippen molar-refractivity contribution in [1.29, 1.82) is 0 Å². The molecule has 1 aliphatic rings. The van der Waals surface area contributed by atoms with E-state index in [2.05, 4.69) is 26.1 Å². The van der Waals surface area contributed by atoms with Gasteiger partial charge >= 0.3 is 0 Å². The molecule has 2 atom stereocenters. The van der Waals surface area contributed by atoms with E-state index in [-0.39, 0.29) is 12.7 Å². The van der Waals surface area contributed by atoms with Gasteiger partial charge in [-0.1, -0.05) is 12.1 Å². The molecule has 0 spiro atoms. The fourth-order valence-corrected chi connectivity index (χ4v) is 2.93. The minimum atomic E-state index is -0.562. The molecule has 2 N–H and O–H groups in total. The zero-order chi connectivity index (χ0) is 17.8. The number of aliphatic hydroxyl groups is 1. The number of nitrogens with one attached hydrogen (secondary N) is 1. The first-order chi connectivity index (χ1) is 12.0. The third kappa shape index (κ3) is 4.78. The lowest BCUT2D eigenvalue weighted by Crippen LogP contribution is -2.44. The number of H-pyrrole nitrogens is 1. The van der Waals surface area contributed by atoms with Crippen LogP contribution in [0.1, 0.15) is 28.9 Å². The molecular formula is C18H26N4O3. The van der Waals surface area contributed by atoms with Crippen LogP contribution in [-0.2, 0) is 4.74 Å². The van der Waals surface area contributed by atoms with Crippen molar-refractivity contribution in [2.75, 3.05) is 32.8 Å². The molecule has 0 bridgehead atoms. The first-order valence-electron chi connectivity index (χ1n) is 8.62. The molecule has 0 radical (unpaired) electrons. The number of rotatable bonds is 6. The van der Waals surface area contributed by atoms with Crippen molar-refractivity contribution < 1.29 is 14.6 Å². The largest absolute Gasteiger partial charge is 0.491 e. The highest BCUT2D eigenvalue weighted by atomic mass is 16.5. The lowest BCUT2D eigenvalue weighted by atomic mass is 10.1. The summed E-state index contributed by atoms with van der Waals surface area (Å²) in [6.45, 7) is 8.75. The van der Waals surface area contributed by atoms with Crippen molar-refractivity contribution in [3.8, 4) is 5.75 Å². The number of benzene rings is 1. The lowest BCUT2D eigenvalue weighted by molar-refractivity contribution is -0.0494. The third-order valence-corrected chi connectivity index (χ3v) is 4.30. The number of nitrogens with zero attached hydrogens (tertiary/aromatic N) is 3. The number of morpholine rings is 1. The zero-order valence-electron chi connectivity index (χ0n) is 15.0. The molecule has 2 heterocycles. The van der Waals surface area contributed by atoms with Crippen LogP contribution in [0.15, 0.2) is 18.2 Å². The molecule has 0 saturated carbocycles. The number of aromatic amines is 1. The maximum absolute atomic E-state index is 10.3. The van der Waals surface area contributed by atoms with Gasteiger partial charge in [0.25, 0.3) is 0 Å². The van der Waals surface area contributed by atoms with Crippen LogP contribution >= 0.6 is 0 Å². The number of hydrogen-bond donors (Lipinski definition) is 2. The molecule has 2 unspecified atom stereocenters. The van der Waals surface area contributed by atoms with Crippen molar-refractivity contribution in [1.82, 2.24) is 20.1 Å². The Morgan fingerprint density at radius 3 is 3.00 bits per heavy atom. The molecule has 1 aliphatic heterocycles. The van der Waals surface area contributed by atoms with Gasteiger partial charge in [-0.15, -0.1) is 0 Å². The number of β-amino-alcohol motifs (C(OH)–C–C–N with tert-alkyl or cyclic N) is 1. The molecule has 136 valence electrons. The van der Waals surface area contributed by atoms with Crippen LogP contribution in [0.5, 0.6) is 5.75 Å². The van der Waals surface area contributed by atoms with Crippen molar-refractivity contribution in [3.63, 3.8) is 0 Å². The monoisotopic (exact) mass is 346 g/mol. The van der Waals surface area contributed by atoms with Crippen LogP contribution < -0.4 is 4.74 Å². The Morgan fingerprint density at radius 1 is 1.40 bits per heavy atom. The van der Waals surface area contributed by atoms with Crippen LogP contribution in [0.25, 0.3) is 0 Å². The van der Waals surface area contributed by atoms with Gasteiger partial charge in [0.1, 0.15) is 30.4 Å². The predicted octanol–water partition coefficient (Wildman–Crippen LogP) is 1.54. The number of aliphatic hydroxyl groups excluding tert-OH is 1. The molecule has 0 amide bonds. The summed E-state index contributed by atoms with van der Waals surface area (Å²) in [7, 11) is 0. The Morgan fingerprint density at radius 2 is 2.24 bits per heavy atom. The van der Waals surface area contributed by atoms with E-state index < -0.39 is 6.10 Å². The SMILES string of the molecule is Cc1ccc(C)c(OCC(O)CN2CCOC(c3n[nH]c(C)n3)C2)c1. The summed E-state index contributed by atoms with van der Waals surface area (Å²) in [6.07, 6.45) is -0.724. The number of ether oxygens (including phenoxy) is 2.